The van der Waals surface area contributed by atoms with Gasteiger partial charge in [0.25, 0.3) is 0 Å². The van der Waals surface area contributed by atoms with Crippen LogP contribution in [0.2, 0.25) is 0 Å². The van der Waals surface area contributed by atoms with E-state index in [2.05, 4.69) is 37.4 Å². The van der Waals surface area contributed by atoms with Gasteiger partial charge in [-0.1, -0.05) is 80.6 Å². The van der Waals surface area contributed by atoms with Gasteiger partial charge >= 0.3 is 0 Å². The summed E-state index contributed by atoms with van der Waals surface area (Å²) < 4.78 is 0. The van der Waals surface area contributed by atoms with E-state index in [9.17, 15) is 9.59 Å². The second-order valence-corrected chi connectivity index (χ2v) is 9.42. The molecule has 1 aliphatic rings. The molecular formula is C31H35N3O2. The number of nitrogens with zero attached hydrogens (tertiary/aromatic N) is 2. The van der Waals surface area contributed by atoms with E-state index in [0.29, 0.717) is 13.0 Å². The van der Waals surface area contributed by atoms with Gasteiger partial charge < -0.3 is 10.2 Å². The summed E-state index contributed by atoms with van der Waals surface area (Å²) >= 11 is 0. The molecule has 1 aliphatic heterocycles. The number of amides is 2. The van der Waals surface area contributed by atoms with E-state index in [1.54, 1.807) is 4.90 Å². The third kappa shape index (κ3) is 5.91. The first kappa shape index (κ1) is 25.4. The topological polar surface area (TPSA) is 62.3 Å². The first-order chi connectivity index (χ1) is 17.5. The maximum atomic E-state index is 14.0. The molecule has 2 aromatic carbocycles. The molecular weight excluding hydrogens is 446 g/mol. The summed E-state index contributed by atoms with van der Waals surface area (Å²) in [4.78, 5) is 34.4. The normalized spacial score (nSPS) is 17.9. The Kier molecular flexibility index (Phi) is 8.32. The summed E-state index contributed by atoms with van der Waals surface area (Å²) in [5, 5.41) is 4.19. The lowest BCUT2D eigenvalue weighted by atomic mass is 9.96. The lowest BCUT2D eigenvalue weighted by Gasteiger charge is -2.33. The molecule has 4 rings (SSSR count). The van der Waals surface area contributed by atoms with Gasteiger partial charge in [0.05, 0.1) is 11.2 Å². The lowest BCUT2D eigenvalue weighted by molar-refractivity contribution is -0.141. The number of hydrogen-bond donors (Lipinski definition) is 1. The number of carbonyl (C=O) groups is 2. The minimum Gasteiger partial charge on any atom is -0.351 e. The molecule has 3 aromatic rings. The molecule has 0 saturated heterocycles. The van der Waals surface area contributed by atoms with Crippen LogP contribution in [0.1, 0.15) is 61.5 Å². The number of aromatic nitrogens is 1. The SMILES string of the molecule is CCC(CC)NC(=O)C1c2cc3ccc(C)cc3nc2C/C=C\C=C/CC(=O)N1Cc1ccccc1. The van der Waals surface area contributed by atoms with E-state index in [0.717, 1.165) is 46.1 Å². The molecule has 1 N–H and O–H groups in total. The van der Waals surface area contributed by atoms with Crippen LogP contribution in [-0.2, 0) is 22.6 Å². The molecule has 5 heteroatoms. The van der Waals surface area contributed by atoms with Gasteiger partial charge in [0.1, 0.15) is 6.04 Å². The van der Waals surface area contributed by atoms with E-state index in [4.69, 9.17) is 4.98 Å². The quantitative estimate of drug-likeness (QED) is 0.471. The Balaban J connectivity index is 1.91. The number of fused-ring (bicyclic) bond motifs is 2. The van der Waals surface area contributed by atoms with Crippen molar-refractivity contribution >= 4 is 22.7 Å². The third-order valence-electron chi connectivity index (χ3n) is 6.78. The second-order valence-electron chi connectivity index (χ2n) is 9.42. The van der Waals surface area contributed by atoms with Crippen molar-refractivity contribution in [3.05, 3.63) is 101 Å². The molecule has 2 amide bonds. The highest BCUT2D eigenvalue weighted by molar-refractivity contribution is 5.91. The summed E-state index contributed by atoms with van der Waals surface area (Å²) in [7, 11) is 0. The Morgan fingerprint density at radius 1 is 1.03 bits per heavy atom. The Morgan fingerprint density at radius 2 is 1.75 bits per heavy atom. The Bertz CT molecular complexity index is 1280. The maximum absolute atomic E-state index is 14.0. The van der Waals surface area contributed by atoms with Crippen molar-refractivity contribution in [2.45, 2.75) is 65.1 Å². The zero-order valence-electron chi connectivity index (χ0n) is 21.4. The molecule has 1 atom stereocenters. The smallest absolute Gasteiger partial charge is 0.247 e. The molecule has 1 unspecified atom stereocenters. The van der Waals surface area contributed by atoms with Crippen LogP contribution in [0.4, 0.5) is 0 Å². The zero-order valence-corrected chi connectivity index (χ0v) is 21.4. The van der Waals surface area contributed by atoms with Gasteiger partial charge in [0.15, 0.2) is 0 Å². The van der Waals surface area contributed by atoms with Crippen molar-refractivity contribution in [2.75, 3.05) is 0 Å². The van der Waals surface area contributed by atoms with Crippen molar-refractivity contribution in [2.24, 2.45) is 0 Å². The van der Waals surface area contributed by atoms with Gasteiger partial charge in [-0.2, -0.15) is 0 Å². The summed E-state index contributed by atoms with van der Waals surface area (Å²) in [5.41, 5.74) is 4.61. The van der Waals surface area contributed by atoms with E-state index in [1.165, 1.54) is 0 Å². The number of benzene rings is 2. The highest BCUT2D eigenvalue weighted by Crippen LogP contribution is 2.31. The predicted octanol–water partition coefficient (Wildman–Crippen LogP) is 5.98. The van der Waals surface area contributed by atoms with Crippen LogP contribution in [0.25, 0.3) is 10.9 Å². The van der Waals surface area contributed by atoms with Crippen LogP contribution < -0.4 is 5.32 Å². The Labute approximate surface area is 213 Å². The third-order valence-corrected chi connectivity index (χ3v) is 6.78. The van der Waals surface area contributed by atoms with E-state index < -0.39 is 6.04 Å². The Morgan fingerprint density at radius 3 is 2.47 bits per heavy atom. The first-order valence-corrected chi connectivity index (χ1v) is 12.9. The van der Waals surface area contributed by atoms with Crippen LogP contribution in [0.3, 0.4) is 0 Å². The van der Waals surface area contributed by atoms with Gasteiger partial charge in [-0.05, 0) is 43.0 Å². The first-order valence-electron chi connectivity index (χ1n) is 12.9. The second kappa shape index (κ2) is 11.8. The van der Waals surface area contributed by atoms with Crippen molar-refractivity contribution in [3.8, 4) is 0 Å². The summed E-state index contributed by atoms with van der Waals surface area (Å²) in [6.07, 6.45) is 10.2. The molecule has 5 nitrogen and oxygen atoms in total. The maximum Gasteiger partial charge on any atom is 0.247 e. The fourth-order valence-corrected chi connectivity index (χ4v) is 4.68. The van der Waals surface area contributed by atoms with Crippen molar-refractivity contribution < 1.29 is 9.59 Å². The van der Waals surface area contributed by atoms with Crippen molar-refractivity contribution in [3.63, 3.8) is 0 Å². The fraction of sp³-hybridized carbons (Fsp3) is 0.323. The highest BCUT2D eigenvalue weighted by Gasteiger charge is 2.34. The van der Waals surface area contributed by atoms with Gasteiger partial charge in [-0.3, -0.25) is 14.6 Å². The van der Waals surface area contributed by atoms with Crippen LogP contribution >= 0.6 is 0 Å². The number of rotatable bonds is 6. The van der Waals surface area contributed by atoms with Gasteiger partial charge in [0, 0.05) is 36.4 Å². The number of nitrogens with one attached hydrogen (secondary N) is 1. The molecule has 2 heterocycles. The van der Waals surface area contributed by atoms with Gasteiger partial charge in [-0.15, -0.1) is 0 Å². The minimum absolute atomic E-state index is 0.0451. The van der Waals surface area contributed by atoms with Crippen LogP contribution in [0.15, 0.2) is 78.9 Å². The molecule has 36 heavy (non-hydrogen) atoms. The minimum atomic E-state index is -0.786. The zero-order chi connectivity index (χ0) is 25.5. The number of carbonyl (C=O) groups excluding carboxylic acids is 2. The molecule has 0 spiro atoms. The number of allylic oxidation sites excluding steroid dienone is 3. The Hall–Kier alpha value is -3.73. The standard InChI is InChI=1S/C31H35N3O2/c1-4-25(5-2)32-31(36)30-26-20-24-18-17-22(3)19-28(24)33-27(26)15-11-6-7-12-16-29(35)34(30)21-23-13-9-8-10-14-23/h6-14,17-20,25,30H,4-5,15-16,21H2,1-3H3,(H,32,36)/b11-6-,12-7-. The van der Waals surface area contributed by atoms with Crippen molar-refractivity contribution in [1.82, 2.24) is 15.2 Å². The van der Waals surface area contributed by atoms with Crippen LogP contribution in [0.5, 0.6) is 0 Å². The van der Waals surface area contributed by atoms with Gasteiger partial charge in [0.2, 0.25) is 11.8 Å². The summed E-state index contributed by atoms with van der Waals surface area (Å²) in [6.45, 7) is 6.53. The summed E-state index contributed by atoms with van der Waals surface area (Å²) in [5.74, 6) is -0.250. The number of pyridine rings is 1. The molecule has 0 fully saturated rings. The van der Waals surface area contributed by atoms with Crippen LogP contribution in [0, 0.1) is 6.92 Å². The number of aryl methyl sites for hydroxylation is 1. The molecule has 0 bridgehead atoms. The van der Waals surface area contributed by atoms with E-state index in [-0.39, 0.29) is 24.3 Å². The number of hydrogen-bond acceptors (Lipinski definition) is 3. The highest BCUT2D eigenvalue weighted by atomic mass is 16.2. The molecule has 0 radical (unpaired) electrons. The predicted molar refractivity (Wildman–Crippen MR) is 145 cm³/mol. The van der Waals surface area contributed by atoms with Gasteiger partial charge in [-0.25, -0.2) is 0 Å². The largest absolute Gasteiger partial charge is 0.351 e. The monoisotopic (exact) mass is 481 g/mol. The molecule has 0 aliphatic carbocycles. The average molecular weight is 482 g/mol. The fourth-order valence-electron chi connectivity index (χ4n) is 4.68. The average Bonchev–Trinajstić information content (AvgIpc) is 2.91. The molecule has 1 aromatic heterocycles. The molecule has 0 saturated carbocycles. The molecule has 186 valence electrons. The van der Waals surface area contributed by atoms with Crippen LogP contribution in [-0.4, -0.2) is 27.7 Å². The lowest BCUT2D eigenvalue weighted by Crippen LogP contribution is -2.46. The van der Waals surface area contributed by atoms with E-state index in [1.807, 2.05) is 67.6 Å². The van der Waals surface area contributed by atoms with E-state index >= 15 is 0 Å². The van der Waals surface area contributed by atoms with Crippen molar-refractivity contribution in [1.29, 1.82) is 0 Å². The summed E-state index contributed by atoms with van der Waals surface area (Å²) in [6, 6.07) is 17.3.